The lowest BCUT2D eigenvalue weighted by Gasteiger charge is -2.37. The minimum Gasteiger partial charge on any atom is -0.457 e. The highest BCUT2D eigenvalue weighted by Gasteiger charge is 2.28. The molecule has 1 aliphatic rings. The van der Waals surface area contributed by atoms with Gasteiger partial charge in [-0.3, -0.25) is 9.62 Å². The van der Waals surface area contributed by atoms with E-state index in [1.54, 1.807) is 35.2 Å². The second kappa shape index (κ2) is 14.7. The quantitative estimate of drug-likeness (QED) is 0.275. The fraction of sp³-hybridized carbons (Fsp3) is 0.300. The first-order valence-electron chi connectivity index (χ1n) is 12.9. The van der Waals surface area contributed by atoms with Crippen molar-refractivity contribution in [3.63, 3.8) is 0 Å². The van der Waals surface area contributed by atoms with E-state index < -0.39 is 10.0 Å². The molecule has 0 unspecified atom stereocenters. The van der Waals surface area contributed by atoms with Crippen LogP contribution in [0.3, 0.4) is 0 Å². The van der Waals surface area contributed by atoms with Gasteiger partial charge in [-0.05, 0) is 60.4 Å². The van der Waals surface area contributed by atoms with Crippen molar-refractivity contribution in [1.82, 2.24) is 9.80 Å². The SMILES string of the molecule is C=CCN(C(=O)OCc1ccccc1)C1CCN(Cc2ccc(Oc3ccc(NS(C)(=O)=O)cc3)cc2)CC1.Cl. The Balaban J connectivity index is 0.00000441. The zero-order chi connectivity index (χ0) is 27.7. The number of sulfonamides is 1. The number of piperidine rings is 1. The van der Waals surface area contributed by atoms with Gasteiger partial charge in [-0.15, -0.1) is 19.0 Å². The molecule has 8 nitrogen and oxygen atoms in total. The number of halogens is 1. The lowest BCUT2D eigenvalue weighted by atomic mass is 10.0. The Morgan fingerprint density at radius 2 is 1.57 bits per heavy atom. The summed E-state index contributed by atoms with van der Waals surface area (Å²) >= 11 is 0. The molecule has 1 amide bonds. The molecule has 0 radical (unpaired) electrons. The minimum atomic E-state index is -3.31. The van der Waals surface area contributed by atoms with Gasteiger partial charge >= 0.3 is 6.09 Å². The van der Waals surface area contributed by atoms with Gasteiger partial charge in [0.15, 0.2) is 0 Å². The van der Waals surface area contributed by atoms with E-state index >= 15 is 0 Å². The summed E-state index contributed by atoms with van der Waals surface area (Å²) in [6.07, 6.45) is 4.32. The number of nitrogens with one attached hydrogen (secondary N) is 1. The number of carbonyl (C=O) groups is 1. The first kappa shape index (κ1) is 31.0. The molecule has 0 saturated carbocycles. The highest BCUT2D eigenvalue weighted by Crippen LogP contribution is 2.25. The summed E-state index contributed by atoms with van der Waals surface area (Å²) in [4.78, 5) is 17.0. The number of hydrogen-bond donors (Lipinski definition) is 1. The number of rotatable bonds is 11. The van der Waals surface area contributed by atoms with Crippen LogP contribution in [-0.4, -0.2) is 56.2 Å². The third-order valence-corrected chi connectivity index (χ3v) is 7.09. The maximum atomic E-state index is 12.8. The molecule has 0 bridgehead atoms. The van der Waals surface area contributed by atoms with Gasteiger partial charge in [-0.25, -0.2) is 13.2 Å². The molecule has 0 atom stereocenters. The second-order valence-electron chi connectivity index (χ2n) is 9.63. The van der Waals surface area contributed by atoms with E-state index in [1.807, 2.05) is 54.6 Å². The normalized spacial score (nSPS) is 14.0. The molecule has 1 aliphatic heterocycles. The van der Waals surface area contributed by atoms with E-state index in [0.29, 0.717) is 23.7 Å². The van der Waals surface area contributed by atoms with E-state index in [-0.39, 0.29) is 31.1 Å². The number of anilines is 1. The summed E-state index contributed by atoms with van der Waals surface area (Å²) in [6, 6.07) is 24.5. The van der Waals surface area contributed by atoms with Crippen LogP contribution < -0.4 is 9.46 Å². The fourth-order valence-corrected chi connectivity index (χ4v) is 5.13. The molecule has 3 aromatic carbocycles. The number of ether oxygens (including phenoxy) is 2. The molecule has 214 valence electrons. The number of amides is 1. The molecule has 1 fully saturated rings. The third-order valence-electron chi connectivity index (χ3n) is 6.49. The van der Waals surface area contributed by atoms with Gasteiger partial charge in [0, 0.05) is 37.9 Å². The van der Waals surface area contributed by atoms with Crippen LogP contribution >= 0.6 is 12.4 Å². The standard InChI is InChI=1S/C30H35N3O5S.ClH/c1-3-19-33(30(34)37-23-25-7-5-4-6-8-25)27-17-20-32(21-18-27)22-24-9-13-28(14-10-24)38-29-15-11-26(12-16-29)31-39(2,35)36;/h3-16,27,31H,1,17-23H2,2H3;1H. The fourth-order valence-electron chi connectivity index (χ4n) is 4.57. The smallest absolute Gasteiger partial charge is 0.410 e. The molecular formula is C30H36ClN3O5S. The van der Waals surface area contributed by atoms with Crippen molar-refractivity contribution in [3.8, 4) is 11.5 Å². The maximum Gasteiger partial charge on any atom is 0.410 e. The average molecular weight is 586 g/mol. The van der Waals surface area contributed by atoms with E-state index in [0.717, 1.165) is 44.3 Å². The van der Waals surface area contributed by atoms with Crippen LogP contribution in [-0.2, 0) is 27.9 Å². The Morgan fingerprint density at radius 3 is 2.15 bits per heavy atom. The van der Waals surface area contributed by atoms with Crippen LogP contribution in [0, 0.1) is 0 Å². The maximum absolute atomic E-state index is 12.8. The van der Waals surface area contributed by atoms with Crippen molar-refractivity contribution in [3.05, 3.63) is 103 Å². The highest BCUT2D eigenvalue weighted by atomic mass is 35.5. The van der Waals surface area contributed by atoms with Crippen LogP contribution in [0.25, 0.3) is 0 Å². The van der Waals surface area contributed by atoms with Gasteiger partial charge < -0.3 is 14.4 Å². The first-order chi connectivity index (χ1) is 18.8. The second-order valence-corrected chi connectivity index (χ2v) is 11.4. The highest BCUT2D eigenvalue weighted by molar-refractivity contribution is 7.92. The van der Waals surface area contributed by atoms with Crippen LogP contribution in [0.4, 0.5) is 10.5 Å². The zero-order valence-electron chi connectivity index (χ0n) is 22.6. The van der Waals surface area contributed by atoms with Crippen molar-refractivity contribution in [2.24, 2.45) is 0 Å². The van der Waals surface area contributed by atoms with Gasteiger partial charge in [-0.1, -0.05) is 48.5 Å². The lowest BCUT2D eigenvalue weighted by molar-refractivity contribution is 0.0648. The van der Waals surface area contributed by atoms with Crippen molar-refractivity contribution in [1.29, 1.82) is 0 Å². The van der Waals surface area contributed by atoms with E-state index in [2.05, 4.69) is 16.2 Å². The van der Waals surface area contributed by atoms with Gasteiger partial charge in [0.25, 0.3) is 0 Å². The number of hydrogen-bond acceptors (Lipinski definition) is 6. The van der Waals surface area contributed by atoms with Gasteiger partial charge in [-0.2, -0.15) is 0 Å². The lowest BCUT2D eigenvalue weighted by Crippen LogP contribution is -2.47. The Labute approximate surface area is 243 Å². The molecule has 40 heavy (non-hydrogen) atoms. The molecule has 4 rings (SSSR count). The molecule has 1 heterocycles. The summed E-state index contributed by atoms with van der Waals surface area (Å²) in [5.74, 6) is 1.32. The molecular weight excluding hydrogens is 550 g/mol. The molecule has 10 heteroatoms. The Kier molecular flexibility index (Phi) is 11.4. The Bertz CT molecular complexity index is 1330. The number of nitrogens with zero attached hydrogens (tertiary/aromatic N) is 2. The number of likely N-dealkylation sites (tertiary alicyclic amines) is 1. The summed E-state index contributed by atoms with van der Waals surface area (Å²) in [6.45, 7) is 7.14. The summed E-state index contributed by atoms with van der Waals surface area (Å²) < 4.78 is 36.6. The third kappa shape index (κ3) is 9.59. The van der Waals surface area contributed by atoms with E-state index in [9.17, 15) is 13.2 Å². The van der Waals surface area contributed by atoms with Crippen molar-refractivity contribution in [2.45, 2.75) is 32.0 Å². The van der Waals surface area contributed by atoms with Crippen molar-refractivity contribution in [2.75, 3.05) is 30.6 Å². The van der Waals surface area contributed by atoms with Gasteiger partial charge in [0.05, 0.1) is 6.26 Å². The van der Waals surface area contributed by atoms with Gasteiger partial charge in [0.2, 0.25) is 10.0 Å². The van der Waals surface area contributed by atoms with E-state index in [4.69, 9.17) is 9.47 Å². The Hall–Kier alpha value is -3.53. The molecule has 0 aliphatic carbocycles. The predicted octanol–water partition coefficient (Wildman–Crippen LogP) is 6.06. The number of benzene rings is 3. The monoisotopic (exact) mass is 585 g/mol. The van der Waals surface area contributed by atoms with Gasteiger partial charge in [0.1, 0.15) is 18.1 Å². The van der Waals surface area contributed by atoms with Crippen LogP contribution in [0.5, 0.6) is 11.5 Å². The summed E-state index contributed by atoms with van der Waals surface area (Å²) in [5, 5.41) is 0. The average Bonchev–Trinajstić information content (AvgIpc) is 2.93. The molecule has 0 aromatic heterocycles. The van der Waals surface area contributed by atoms with Crippen LogP contribution in [0.15, 0.2) is 91.5 Å². The number of carbonyl (C=O) groups excluding carboxylic acids is 1. The predicted molar refractivity (Wildman–Crippen MR) is 161 cm³/mol. The molecule has 1 saturated heterocycles. The van der Waals surface area contributed by atoms with Crippen LogP contribution in [0.2, 0.25) is 0 Å². The Morgan fingerprint density at radius 1 is 0.975 bits per heavy atom. The van der Waals surface area contributed by atoms with Crippen molar-refractivity contribution >= 4 is 34.2 Å². The zero-order valence-corrected chi connectivity index (χ0v) is 24.2. The topological polar surface area (TPSA) is 88.2 Å². The molecule has 1 N–H and O–H groups in total. The largest absolute Gasteiger partial charge is 0.457 e. The van der Waals surface area contributed by atoms with Crippen LogP contribution in [0.1, 0.15) is 24.0 Å². The van der Waals surface area contributed by atoms with E-state index in [1.165, 1.54) is 5.56 Å². The van der Waals surface area contributed by atoms with Crippen molar-refractivity contribution < 1.29 is 22.7 Å². The minimum absolute atomic E-state index is 0. The summed E-state index contributed by atoms with van der Waals surface area (Å²) in [5.41, 5.74) is 2.63. The summed E-state index contributed by atoms with van der Waals surface area (Å²) in [7, 11) is -3.31. The first-order valence-corrected chi connectivity index (χ1v) is 14.8. The molecule has 0 spiro atoms. The molecule has 3 aromatic rings.